The molecule has 0 unspecified atom stereocenters. The van der Waals surface area contributed by atoms with Crippen molar-refractivity contribution in [1.29, 1.82) is 0 Å². The SMILES string of the molecule is Brc1ccc2c3ccccc3n3ccnc3c2c1. The summed E-state index contributed by atoms with van der Waals surface area (Å²) >= 11 is 3.53. The Morgan fingerprint density at radius 2 is 1.83 bits per heavy atom. The minimum atomic E-state index is 1.00. The summed E-state index contributed by atoms with van der Waals surface area (Å²) in [7, 11) is 0. The van der Waals surface area contributed by atoms with E-state index in [2.05, 4.69) is 67.8 Å². The molecule has 2 heterocycles. The number of nitrogens with zero attached hydrogens (tertiary/aromatic N) is 2. The fraction of sp³-hybridized carbons (Fsp3) is 0. The van der Waals surface area contributed by atoms with Crippen LogP contribution in [0.3, 0.4) is 0 Å². The lowest BCUT2D eigenvalue weighted by atomic mass is 10.1. The van der Waals surface area contributed by atoms with Gasteiger partial charge in [0, 0.05) is 27.6 Å². The van der Waals surface area contributed by atoms with Gasteiger partial charge in [0.15, 0.2) is 0 Å². The fourth-order valence-corrected chi connectivity index (χ4v) is 2.91. The highest BCUT2D eigenvalue weighted by Gasteiger charge is 2.08. The maximum atomic E-state index is 4.48. The van der Waals surface area contributed by atoms with Crippen molar-refractivity contribution in [1.82, 2.24) is 9.38 Å². The molecule has 86 valence electrons. The molecule has 18 heavy (non-hydrogen) atoms. The molecule has 0 amide bonds. The predicted molar refractivity (Wildman–Crippen MR) is 77.9 cm³/mol. The van der Waals surface area contributed by atoms with Crippen LogP contribution in [0.2, 0.25) is 0 Å². The zero-order chi connectivity index (χ0) is 12.1. The topological polar surface area (TPSA) is 17.3 Å². The van der Waals surface area contributed by atoms with E-state index in [9.17, 15) is 0 Å². The molecular formula is C15H9BrN2. The summed E-state index contributed by atoms with van der Waals surface area (Å²) in [5, 5.41) is 3.67. The Morgan fingerprint density at radius 1 is 0.944 bits per heavy atom. The third-order valence-corrected chi connectivity index (χ3v) is 3.81. The van der Waals surface area contributed by atoms with Crippen molar-refractivity contribution in [3.8, 4) is 0 Å². The van der Waals surface area contributed by atoms with Crippen molar-refractivity contribution in [2.45, 2.75) is 0 Å². The zero-order valence-corrected chi connectivity index (χ0v) is 11.1. The van der Waals surface area contributed by atoms with Crippen LogP contribution >= 0.6 is 15.9 Å². The molecule has 0 aliphatic rings. The number of rotatable bonds is 0. The number of benzene rings is 2. The Morgan fingerprint density at radius 3 is 2.78 bits per heavy atom. The van der Waals surface area contributed by atoms with E-state index in [1.807, 2.05) is 12.4 Å². The summed E-state index contributed by atoms with van der Waals surface area (Å²) in [6.07, 6.45) is 3.86. The lowest BCUT2D eigenvalue weighted by Crippen LogP contribution is -1.89. The molecule has 3 heteroatoms. The van der Waals surface area contributed by atoms with Gasteiger partial charge in [-0.3, -0.25) is 4.40 Å². The first-order valence-corrected chi connectivity index (χ1v) is 6.57. The van der Waals surface area contributed by atoms with Crippen LogP contribution in [-0.4, -0.2) is 9.38 Å². The molecule has 2 aromatic heterocycles. The van der Waals surface area contributed by atoms with Crippen LogP contribution in [-0.2, 0) is 0 Å². The highest BCUT2D eigenvalue weighted by atomic mass is 79.9. The smallest absolute Gasteiger partial charge is 0.145 e. The van der Waals surface area contributed by atoms with Gasteiger partial charge in [-0.25, -0.2) is 4.98 Å². The Balaban J connectivity index is 2.44. The molecule has 2 aromatic carbocycles. The van der Waals surface area contributed by atoms with Crippen LogP contribution in [0.25, 0.3) is 27.3 Å². The molecular weight excluding hydrogens is 288 g/mol. The van der Waals surface area contributed by atoms with Gasteiger partial charge in [-0.05, 0) is 23.6 Å². The lowest BCUT2D eigenvalue weighted by molar-refractivity contribution is 1.27. The second-order valence-electron chi connectivity index (χ2n) is 4.33. The highest BCUT2D eigenvalue weighted by molar-refractivity contribution is 9.10. The summed E-state index contributed by atoms with van der Waals surface area (Å²) in [5.41, 5.74) is 2.20. The maximum Gasteiger partial charge on any atom is 0.145 e. The Bertz CT molecular complexity index is 893. The van der Waals surface area contributed by atoms with Gasteiger partial charge in [0.25, 0.3) is 0 Å². The first-order chi connectivity index (χ1) is 8.84. The van der Waals surface area contributed by atoms with Gasteiger partial charge in [0.1, 0.15) is 5.65 Å². The maximum absolute atomic E-state index is 4.48. The van der Waals surface area contributed by atoms with E-state index in [0.29, 0.717) is 0 Å². The third-order valence-electron chi connectivity index (χ3n) is 3.32. The highest BCUT2D eigenvalue weighted by Crippen LogP contribution is 2.30. The Kier molecular flexibility index (Phi) is 2.00. The van der Waals surface area contributed by atoms with E-state index in [-0.39, 0.29) is 0 Å². The standard InChI is InChI=1S/C15H9BrN2/c16-10-5-6-11-12-3-1-2-4-14(12)18-8-7-17-15(18)13(11)9-10/h1-9H. The van der Waals surface area contributed by atoms with Gasteiger partial charge in [-0.2, -0.15) is 0 Å². The van der Waals surface area contributed by atoms with Crippen molar-refractivity contribution in [3.63, 3.8) is 0 Å². The number of aromatic nitrogens is 2. The number of hydrogen-bond donors (Lipinski definition) is 0. The lowest BCUT2D eigenvalue weighted by Gasteiger charge is -2.08. The van der Waals surface area contributed by atoms with Crippen molar-refractivity contribution in [3.05, 3.63) is 59.3 Å². The second kappa shape index (κ2) is 3.56. The molecule has 0 N–H and O–H groups in total. The Labute approximate surface area is 112 Å². The molecule has 0 radical (unpaired) electrons. The largest absolute Gasteiger partial charge is 0.299 e. The van der Waals surface area contributed by atoms with E-state index in [0.717, 1.165) is 10.1 Å². The van der Waals surface area contributed by atoms with E-state index in [4.69, 9.17) is 0 Å². The minimum Gasteiger partial charge on any atom is -0.299 e. The number of halogens is 1. The van der Waals surface area contributed by atoms with E-state index >= 15 is 0 Å². The molecule has 0 fully saturated rings. The summed E-state index contributed by atoms with van der Waals surface area (Å²) in [5.74, 6) is 0. The number of para-hydroxylation sites is 1. The molecule has 0 spiro atoms. The molecule has 0 aliphatic carbocycles. The number of hydrogen-bond acceptors (Lipinski definition) is 1. The summed E-state index contributed by atoms with van der Waals surface area (Å²) in [4.78, 5) is 4.48. The molecule has 0 saturated heterocycles. The summed E-state index contributed by atoms with van der Waals surface area (Å²) in [6, 6.07) is 14.8. The van der Waals surface area contributed by atoms with Crippen LogP contribution in [0.1, 0.15) is 0 Å². The van der Waals surface area contributed by atoms with E-state index < -0.39 is 0 Å². The summed E-state index contributed by atoms with van der Waals surface area (Å²) in [6.45, 7) is 0. The van der Waals surface area contributed by atoms with Gasteiger partial charge < -0.3 is 0 Å². The number of imidazole rings is 1. The third kappa shape index (κ3) is 1.25. The van der Waals surface area contributed by atoms with Crippen LogP contribution in [0.4, 0.5) is 0 Å². The molecule has 0 atom stereocenters. The van der Waals surface area contributed by atoms with Crippen molar-refractivity contribution in [2.24, 2.45) is 0 Å². The van der Waals surface area contributed by atoms with Crippen LogP contribution in [0, 0.1) is 0 Å². The monoisotopic (exact) mass is 296 g/mol. The minimum absolute atomic E-state index is 1.00. The first kappa shape index (κ1) is 10.1. The first-order valence-electron chi connectivity index (χ1n) is 5.77. The molecule has 2 nitrogen and oxygen atoms in total. The van der Waals surface area contributed by atoms with Gasteiger partial charge >= 0.3 is 0 Å². The van der Waals surface area contributed by atoms with E-state index in [1.165, 1.54) is 21.7 Å². The quantitative estimate of drug-likeness (QED) is 0.440. The van der Waals surface area contributed by atoms with Gasteiger partial charge in [-0.15, -0.1) is 0 Å². The zero-order valence-electron chi connectivity index (χ0n) is 9.47. The molecule has 4 aromatic rings. The van der Waals surface area contributed by atoms with Crippen molar-refractivity contribution >= 4 is 43.3 Å². The molecule has 0 bridgehead atoms. The fourth-order valence-electron chi connectivity index (χ4n) is 2.54. The second-order valence-corrected chi connectivity index (χ2v) is 5.24. The molecule has 4 rings (SSSR count). The summed E-state index contributed by atoms with van der Waals surface area (Å²) < 4.78 is 3.22. The van der Waals surface area contributed by atoms with Crippen molar-refractivity contribution in [2.75, 3.05) is 0 Å². The molecule has 0 aliphatic heterocycles. The van der Waals surface area contributed by atoms with E-state index in [1.54, 1.807) is 0 Å². The normalized spacial score (nSPS) is 11.6. The van der Waals surface area contributed by atoms with Gasteiger partial charge in [-0.1, -0.05) is 40.2 Å². The van der Waals surface area contributed by atoms with Gasteiger partial charge in [0.05, 0.1) is 5.52 Å². The average molecular weight is 297 g/mol. The predicted octanol–water partition coefficient (Wildman–Crippen LogP) is 4.40. The Hall–Kier alpha value is -1.87. The van der Waals surface area contributed by atoms with Crippen LogP contribution < -0.4 is 0 Å². The van der Waals surface area contributed by atoms with Crippen LogP contribution in [0.15, 0.2) is 59.3 Å². The number of fused-ring (bicyclic) bond motifs is 6. The molecule has 0 saturated carbocycles. The number of pyridine rings is 1. The average Bonchev–Trinajstić information content (AvgIpc) is 2.88. The van der Waals surface area contributed by atoms with Crippen molar-refractivity contribution < 1.29 is 0 Å². The van der Waals surface area contributed by atoms with Gasteiger partial charge in [0.2, 0.25) is 0 Å². The van der Waals surface area contributed by atoms with Crippen LogP contribution in [0.5, 0.6) is 0 Å².